The van der Waals surface area contributed by atoms with E-state index in [9.17, 15) is 9.59 Å². The number of nitrogens with one attached hydrogen (secondary N) is 1. The predicted octanol–water partition coefficient (Wildman–Crippen LogP) is 3.45. The van der Waals surface area contributed by atoms with E-state index in [1.165, 1.54) is 7.11 Å². The van der Waals surface area contributed by atoms with Crippen molar-refractivity contribution in [2.24, 2.45) is 0 Å². The standard InChI is InChI=1S/C15H18BrNO4/c1-15(2,3)21-14(19)17-12(13(18)20-4)11(16)10-8-6-5-7-9-10/h5-9H,1-4H3,(H,17,19)/b12-11+. The first-order valence-electron chi connectivity index (χ1n) is 6.28. The third kappa shape index (κ3) is 5.59. The summed E-state index contributed by atoms with van der Waals surface area (Å²) in [5, 5.41) is 2.42. The average molecular weight is 356 g/mol. The Kier molecular flexibility index (Phi) is 5.96. The van der Waals surface area contributed by atoms with E-state index in [0.717, 1.165) is 5.56 Å². The molecule has 0 fully saturated rings. The van der Waals surface area contributed by atoms with E-state index in [2.05, 4.69) is 26.0 Å². The highest BCUT2D eigenvalue weighted by molar-refractivity contribution is 9.15. The molecule has 21 heavy (non-hydrogen) atoms. The largest absolute Gasteiger partial charge is 0.464 e. The van der Waals surface area contributed by atoms with Crippen molar-refractivity contribution in [1.29, 1.82) is 0 Å². The van der Waals surface area contributed by atoms with Gasteiger partial charge in [-0.05, 0) is 42.3 Å². The van der Waals surface area contributed by atoms with Gasteiger partial charge < -0.3 is 9.47 Å². The Bertz CT molecular complexity index is 547. The molecule has 0 aliphatic rings. The number of alkyl carbamates (subject to hydrolysis) is 1. The van der Waals surface area contributed by atoms with Crippen LogP contribution in [0.25, 0.3) is 4.48 Å². The molecular weight excluding hydrogens is 338 g/mol. The van der Waals surface area contributed by atoms with Crippen LogP contribution in [0.1, 0.15) is 26.3 Å². The summed E-state index contributed by atoms with van der Waals surface area (Å²) in [6.07, 6.45) is -0.726. The minimum atomic E-state index is -0.726. The molecule has 0 unspecified atom stereocenters. The average Bonchev–Trinajstić information content (AvgIpc) is 2.42. The fraction of sp³-hybridized carbons (Fsp3) is 0.333. The van der Waals surface area contributed by atoms with Crippen LogP contribution >= 0.6 is 15.9 Å². The number of methoxy groups -OCH3 is 1. The van der Waals surface area contributed by atoms with Gasteiger partial charge in [0.15, 0.2) is 0 Å². The van der Waals surface area contributed by atoms with Crippen LogP contribution in [0.5, 0.6) is 0 Å². The highest BCUT2D eigenvalue weighted by Crippen LogP contribution is 2.24. The molecule has 5 nitrogen and oxygen atoms in total. The van der Waals surface area contributed by atoms with Crippen LogP contribution in [0.4, 0.5) is 4.79 Å². The van der Waals surface area contributed by atoms with Crippen molar-refractivity contribution in [3.05, 3.63) is 41.6 Å². The summed E-state index contributed by atoms with van der Waals surface area (Å²) in [4.78, 5) is 23.7. The fourth-order valence-corrected chi connectivity index (χ4v) is 1.96. The minimum Gasteiger partial charge on any atom is -0.464 e. The molecule has 0 atom stereocenters. The van der Waals surface area contributed by atoms with E-state index in [1.54, 1.807) is 32.9 Å². The molecule has 0 radical (unpaired) electrons. The molecule has 1 amide bonds. The van der Waals surface area contributed by atoms with Gasteiger partial charge in [0, 0.05) is 0 Å². The molecular formula is C15H18BrNO4. The Hall–Kier alpha value is -1.82. The Labute approximate surface area is 132 Å². The van der Waals surface area contributed by atoms with Crippen LogP contribution in [0.2, 0.25) is 0 Å². The summed E-state index contributed by atoms with van der Waals surface area (Å²) in [6.45, 7) is 5.21. The fourth-order valence-electron chi connectivity index (χ4n) is 1.43. The van der Waals surface area contributed by atoms with Crippen molar-refractivity contribution in [2.75, 3.05) is 7.11 Å². The number of ether oxygens (including phenoxy) is 2. The van der Waals surface area contributed by atoms with Gasteiger partial charge in [-0.2, -0.15) is 0 Å². The Morgan fingerprint density at radius 3 is 2.19 bits per heavy atom. The van der Waals surface area contributed by atoms with Crippen molar-refractivity contribution in [2.45, 2.75) is 26.4 Å². The highest BCUT2D eigenvalue weighted by atomic mass is 79.9. The normalized spacial score (nSPS) is 12.2. The molecule has 0 aliphatic heterocycles. The summed E-state index contributed by atoms with van der Waals surface area (Å²) in [6, 6.07) is 9.08. The second kappa shape index (κ2) is 7.26. The first kappa shape index (κ1) is 17.2. The van der Waals surface area contributed by atoms with Gasteiger partial charge in [-0.25, -0.2) is 9.59 Å². The third-order valence-corrected chi connectivity index (χ3v) is 3.12. The molecule has 1 rings (SSSR count). The molecule has 1 aromatic carbocycles. The van der Waals surface area contributed by atoms with Crippen LogP contribution < -0.4 is 5.32 Å². The molecule has 0 spiro atoms. The first-order valence-corrected chi connectivity index (χ1v) is 7.07. The van der Waals surface area contributed by atoms with Gasteiger partial charge in [0.2, 0.25) is 0 Å². The number of hydrogen-bond acceptors (Lipinski definition) is 4. The maximum absolute atomic E-state index is 11.8. The van der Waals surface area contributed by atoms with Crippen LogP contribution in [-0.2, 0) is 14.3 Å². The van der Waals surface area contributed by atoms with Crippen molar-refractivity contribution >= 4 is 32.5 Å². The van der Waals surface area contributed by atoms with Gasteiger partial charge >= 0.3 is 12.1 Å². The summed E-state index contributed by atoms with van der Waals surface area (Å²) in [7, 11) is 1.24. The molecule has 1 aromatic rings. The zero-order valence-electron chi connectivity index (χ0n) is 12.4. The number of rotatable bonds is 3. The minimum absolute atomic E-state index is 0.0158. The number of carbonyl (C=O) groups is 2. The highest BCUT2D eigenvalue weighted by Gasteiger charge is 2.22. The number of benzene rings is 1. The third-order valence-electron chi connectivity index (χ3n) is 2.26. The molecule has 1 N–H and O–H groups in total. The summed E-state index contributed by atoms with van der Waals surface area (Å²) >= 11 is 3.31. The second-order valence-electron chi connectivity index (χ2n) is 5.17. The number of carbonyl (C=O) groups excluding carboxylic acids is 2. The number of esters is 1. The quantitative estimate of drug-likeness (QED) is 0.666. The first-order chi connectivity index (χ1) is 9.74. The molecule has 0 heterocycles. The van der Waals surface area contributed by atoms with E-state index >= 15 is 0 Å². The van der Waals surface area contributed by atoms with E-state index in [1.807, 2.05) is 18.2 Å². The number of halogens is 1. The molecule has 114 valence electrons. The lowest BCUT2D eigenvalue weighted by atomic mass is 10.2. The van der Waals surface area contributed by atoms with Crippen molar-refractivity contribution in [3.63, 3.8) is 0 Å². The summed E-state index contributed by atoms with van der Waals surface area (Å²) in [5.74, 6) is -0.670. The molecule has 0 aliphatic carbocycles. The lowest BCUT2D eigenvalue weighted by molar-refractivity contribution is -0.136. The lowest BCUT2D eigenvalue weighted by Crippen LogP contribution is -2.34. The zero-order chi connectivity index (χ0) is 16.0. The smallest absolute Gasteiger partial charge is 0.412 e. The molecule has 0 saturated carbocycles. The van der Waals surface area contributed by atoms with Gasteiger partial charge in [0.1, 0.15) is 11.3 Å². The van der Waals surface area contributed by atoms with E-state index in [0.29, 0.717) is 4.48 Å². The Morgan fingerprint density at radius 2 is 1.71 bits per heavy atom. The van der Waals surface area contributed by atoms with Gasteiger partial charge in [0.25, 0.3) is 0 Å². The molecule has 0 bridgehead atoms. The zero-order valence-corrected chi connectivity index (χ0v) is 14.0. The van der Waals surface area contributed by atoms with Crippen LogP contribution in [0, 0.1) is 0 Å². The van der Waals surface area contributed by atoms with E-state index in [4.69, 9.17) is 4.74 Å². The number of amides is 1. The van der Waals surface area contributed by atoms with Gasteiger partial charge in [-0.15, -0.1) is 0 Å². The van der Waals surface area contributed by atoms with E-state index in [-0.39, 0.29) is 5.70 Å². The second-order valence-corrected chi connectivity index (χ2v) is 5.97. The van der Waals surface area contributed by atoms with Crippen molar-refractivity contribution < 1.29 is 19.1 Å². The Morgan fingerprint density at radius 1 is 1.14 bits per heavy atom. The monoisotopic (exact) mass is 355 g/mol. The van der Waals surface area contributed by atoms with Crippen LogP contribution in [-0.4, -0.2) is 24.8 Å². The SMILES string of the molecule is COC(=O)/C(NC(=O)OC(C)(C)C)=C(\Br)c1ccccc1. The van der Waals surface area contributed by atoms with Gasteiger partial charge in [0.05, 0.1) is 11.6 Å². The Balaban J connectivity index is 3.07. The van der Waals surface area contributed by atoms with Crippen LogP contribution in [0.3, 0.4) is 0 Å². The van der Waals surface area contributed by atoms with Crippen LogP contribution in [0.15, 0.2) is 36.0 Å². The van der Waals surface area contributed by atoms with E-state index < -0.39 is 17.7 Å². The summed E-state index contributed by atoms with van der Waals surface area (Å²) < 4.78 is 10.2. The maximum Gasteiger partial charge on any atom is 0.412 e. The summed E-state index contributed by atoms with van der Waals surface area (Å²) in [5.41, 5.74) is 0.0526. The molecule has 0 saturated heterocycles. The van der Waals surface area contributed by atoms with Crippen molar-refractivity contribution in [3.8, 4) is 0 Å². The molecule has 0 aromatic heterocycles. The maximum atomic E-state index is 11.8. The lowest BCUT2D eigenvalue weighted by Gasteiger charge is -2.20. The van der Waals surface area contributed by atoms with Crippen molar-refractivity contribution in [1.82, 2.24) is 5.32 Å². The van der Waals surface area contributed by atoms with Gasteiger partial charge in [-0.3, -0.25) is 5.32 Å². The number of hydrogen-bond donors (Lipinski definition) is 1. The topological polar surface area (TPSA) is 64.6 Å². The van der Waals surface area contributed by atoms with Gasteiger partial charge in [-0.1, -0.05) is 30.3 Å². The predicted molar refractivity (Wildman–Crippen MR) is 83.7 cm³/mol. The molecule has 6 heteroatoms.